The second kappa shape index (κ2) is 4.85. The van der Waals surface area contributed by atoms with E-state index in [9.17, 15) is 4.79 Å². The van der Waals surface area contributed by atoms with Crippen molar-refractivity contribution >= 4 is 11.6 Å². The van der Waals surface area contributed by atoms with E-state index < -0.39 is 0 Å². The Bertz CT molecular complexity index is 461. The van der Waals surface area contributed by atoms with Gasteiger partial charge in [-0.15, -0.1) is 0 Å². The van der Waals surface area contributed by atoms with Gasteiger partial charge in [0.1, 0.15) is 5.69 Å². The minimum absolute atomic E-state index is 0.0565. The van der Waals surface area contributed by atoms with E-state index in [1.54, 1.807) is 7.05 Å². The van der Waals surface area contributed by atoms with Crippen LogP contribution in [0.2, 0.25) is 0 Å². The molecule has 2 unspecified atom stereocenters. The molecule has 0 aromatic carbocycles. The lowest BCUT2D eigenvalue weighted by atomic mass is 9.64. The fourth-order valence-corrected chi connectivity index (χ4v) is 2.57. The lowest BCUT2D eigenvalue weighted by Crippen LogP contribution is -2.62. The van der Waals surface area contributed by atoms with E-state index in [2.05, 4.69) is 24.3 Å². The summed E-state index contributed by atoms with van der Waals surface area (Å²) >= 11 is 0. The number of amides is 1. The number of nitrogens with two attached hydrogens (primary N) is 1. The highest BCUT2D eigenvalue weighted by Crippen LogP contribution is 2.42. The predicted molar refractivity (Wildman–Crippen MR) is 72.7 cm³/mol. The van der Waals surface area contributed by atoms with Gasteiger partial charge in [-0.1, -0.05) is 13.8 Å². The van der Waals surface area contributed by atoms with Crippen LogP contribution in [0.25, 0.3) is 0 Å². The third-order valence-corrected chi connectivity index (χ3v) is 4.03. The fourth-order valence-electron chi connectivity index (χ4n) is 2.57. The molecule has 19 heavy (non-hydrogen) atoms. The second-order valence-corrected chi connectivity index (χ2v) is 5.60. The molecule has 2 atom stereocenters. The Balaban J connectivity index is 2.02. The van der Waals surface area contributed by atoms with Gasteiger partial charge in [0.15, 0.2) is 0 Å². The van der Waals surface area contributed by atoms with Crippen LogP contribution in [0, 0.1) is 5.41 Å². The quantitative estimate of drug-likeness (QED) is 0.849. The Labute approximate surface area is 113 Å². The highest BCUT2D eigenvalue weighted by Gasteiger charge is 2.49. The molecule has 1 aromatic heterocycles. The van der Waals surface area contributed by atoms with Gasteiger partial charge in [0.25, 0.3) is 5.91 Å². The van der Waals surface area contributed by atoms with Crippen molar-refractivity contribution in [1.82, 2.24) is 15.1 Å². The summed E-state index contributed by atoms with van der Waals surface area (Å²) < 4.78 is 7.15. The van der Waals surface area contributed by atoms with Crippen LogP contribution >= 0.6 is 0 Å². The van der Waals surface area contributed by atoms with Gasteiger partial charge in [0.2, 0.25) is 0 Å². The number of rotatable bonds is 4. The molecule has 3 N–H and O–H groups in total. The zero-order valence-corrected chi connectivity index (χ0v) is 11.9. The van der Waals surface area contributed by atoms with Crippen molar-refractivity contribution in [2.75, 3.05) is 12.3 Å². The Morgan fingerprint density at radius 1 is 1.68 bits per heavy atom. The van der Waals surface area contributed by atoms with Gasteiger partial charge in [-0.3, -0.25) is 9.48 Å². The number of hydrogen-bond donors (Lipinski definition) is 2. The minimum atomic E-state index is -0.175. The Morgan fingerprint density at radius 3 is 2.84 bits per heavy atom. The van der Waals surface area contributed by atoms with Crippen LogP contribution in [0.1, 0.15) is 37.7 Å². The number of hydrogen-bond acceptors (Lipinski definition) is 4. The first kappa shape index (κ1) is 13.9. The van der Waals surface area contributed by atoms with Crippen LogP contribution in [0.5, 0.6) is 0 Å². The average Bonchev–Trinajstić information content (AvgIpc) is 2.67. The number of nitrogens with zero attached hydrogens (tertiary/aromatic N) is 2. The summed E-state index contributed by atoms with van der Waals surface area (Å²) in [5.41, 5.74) is 6.51. The number of aromatic nitrogens is 2. The van der Waals surface area contributed by atoms with Crippen LogP contribution in [0.15, 0.2) is 6.20 Å². The smallest absolute Gasteiger partial charge is 0.271 e. The number of ether oxygens (including phenoxy) is 1. The van der Waals surface area contributed by atoms with Crippen LogP contribution in [0.3, 0.4) is 0 Å². The standard InChI is InChI=1S/C13H22N4O2/c1-5-19-10-6-9(13(10,2)3)16-12(18)11-8(14)7-15-17(11)4/h7,9-10H,5-6,14H2,1-4H3,(H,16,18). The average molecular weight is 266 g/mol. The first-order chi connectivity index (χ1) is 8.87. The zero-order chi connectivity index (χ0) is 14.2. The van der Waals surface area contributed by atoms with Crippen molar-refractivity contribution in [2.45, 2.75) is 39.3 Å². The lowest BCUT2D eigenvalue weighted by Gasteiger charge is -2.51. The maximum Gasteiger partial charge on any atom is 0.271 e. The molecule has 106 valence electrons. The molecular weight excluding hydrogens is 244 g/mol. The number of carbonyl (C=O) groups excluding carboxylic acids is 1. The molecule has 0 spiro atoms. The molecule has 6 nitrogen and oxygen atoms in total. The van der Waals surface area contributed by atoms with E-state index in [1.165, 1.54) is 10.9 Å². The summed E-state index contributed by atoms with van der Waals surface area (Å²) in [6, 6.07) is 0.103. The summed E-state index contributed by atoms with van der Waals surface area (Å²) in [6.45, 7) is 6.89. The summed E-state index contributed by atoms with van der Waals surface area (Å²) in [6.07, 6.45) is 2.53. The molecule has 1 heterocycles. The number of aryl methyl sites for hydroxylation is 1. The van der Waals surface area contributed by atoms with Crippen molar-refractivity contribution in [2.24, 2.45) is 12.5 Å². The Morgan fingerprint density at radius 2 is 2.37 bits per heavy atom. The van der Waals surface area contributed by atoms with E-state index in [1.807, 2.05) is 6.92 Å². The molecule has 1 aliphatic carbocycles. The normalized spacial score (nSPS) is 24.8. The van der Waals surface area contributed by atoms with Crippen molar-refractivity contribution in [3.05, 3.63) is 11.9 Å². The maximum atomic E-state index is 12.2. The maximum absolute atomic E-state index is 12.2. The molecule has 2 rings (SSSR count). The summed E-state index contributed by atoms with van der Waals surface area (Å²) in [7, 11) is 1.71. The highest BCUT2D eigenvalue weighted by atomic mass is 16.5. The van der Waals surface area contributed by atoms with Gasteiger partial charge in [0.05, 0.1) is 18.0 Å². The van der Waals surface area contributed by atoms with Crippen LogP contribution in [0.4, 0.5) is 5.69 Å². The molecule has 0 radical (unpaired) electrons. The van der Waals surface area contributed by atoms with Crippen molar-refractivity contribution in [3.63, 3.8) is 0 Å². The molecule has 6 heteroatoms. The third kappa shape index (κ3) is 2.32. The van der Waals surface area contributed by atoms with E-state index >= 15 is 0 Å². The number of carbonyl (C=O) groups is 1. The topological polar surface area (TPSA) is 82.2 Å². The second-order valence-electron chi connectivity index (χ2n) is 5.60. The van der Waals surface area contributed by atoms with Crippen LogP contribution in [-0.4, -0.2) is 34.4 Å². The zero-order valence-electron chi connectivity index (χ0n) is 11.9. The first-order valence-electron chi connectivity index (χ1n) is 6.57. The fraction of sp³-hybridized carbons (Fsp3) is 0.692. The van der Waals surface area contributed by atoms with Crippen molar-refractivity contribution < 1.29 is 9.53 Å². The highest BCUT2D eigenvalue weighted by molar-refractivity contribution is 5.97. The van der Waals surface area contributed by atoms with Crippen molar-refractivity contribution in [3.8, 4) is 0 Å². The molecule has 1 saturated carbocycles. The van der Waals surface area contributed by atoms with Gasteiger partial charge in [0, 0.05) is 25.1 Å². The molecular formula is C13H22N4O2. The van der Waals surface area contributed by atoms with Gasteiger partial charge >= 0.3 is 0 Å². The largest absolute Gasteiger partial charge is 0.396 e. The Hall–Kier alpha value is -1.56. The van der Waals surface area contributed by atoms with Crippen LogP contribution in [-0.2, 0) is 11.8 Å². The number of anilines is 1. The summed E-state index contributed by atoms with van der Waals surface area (Å²) in [5, 5.41) is 6.99. The summed E-state index contributed by atoms with van der Waals surface area (Å²) in [5.74, 6) is -0.175. The van der Waals surface area contributed by atoms with E-state index in [0.717, 1.165) is 6.42 Å². The lowest BCUT2D eigenvalue weighted by molar-refractivity contribution is -0.111. The molecule has 1 aliphatic rings. The number of nitrogen functional groups attached to an aromatic ring is 1. The monoisotopic (exact) mass is 266 g/mol. The third-order valence-electron chi connectivity index (χ3n) is 4.03. The van der Waals surface area contributed by atoms with Gasteiger partial charge in [-0.2, -0.15) is 5.10 Å². The SMILES string of the molecule is CCOC1CC(NC(=O)c2c(N)cnn2C)C1(C)C. The molecule has 0 saturated heterocycles. The molecule has 1 amide bonds. The molecule has 0 bridgehead atoms. The van der Waals surface area contributed by atoms with Gasteiger partial charge in [-0.25, -0.2) is 0 Å². The van der Waals surface area contributed by atoms with E-state index in [0.29, 0.717) is 18.0 Å². The van der Waals surface area contributed by atoms with E-state index in [4.69, 9.17) is 10.5 Å². The number of nitrogens with one attached hydrogen (secondary N) is 1. The molecule has 1 aromatic rings. The summed E-state index contributed by atoms with van der Waals surface area (Å²) in [4.78, 5) is 12.2. The van der Waals surface area contributed by atoms with Crippen LogP contribution < -0.4 is 11.1 Å². The predicted octanol–water partition coefficient (Wildman–Crippen LogP) is 0.936. The minimum Gasteiger partial charge on any atom is -0.396 e. The first-order valence-corrected chi connectivity index (χ1v) is 6.57. The molecule has 0 aliphatic heterocycles. The van der Waals surface area contributed by atoms with E-state index in [-0.39, 0.29) is 23.5 Å². The van der Waals surface area contributed by atoms with Gasteiger partial charge in [-0.05, 0) is 13.3 Å². The van der Waals surface area contributed by atoms with Crippen molar-refractivity contribution in [1.29, 1.82) is 0 Å². The van der Waals surface area contributed by atoms with Gasteiger partial charge < -0.3 is 15.8 Å². The molecule has 1 fully saturated rings. The Kier molecular flexibility index (Phi) is 3.54.